The van der Waals surface area contributed by atoms with Crippen LogP contribution in [0.1, 0.15) is 40.0 Å². The van der Waals surface area contributed by atoms with Crippen molar-refractivity contribution in [1.29, 1.82) is 0 Å². The Morgan fingerprint density at radius 1 is 1.37 bits per heavy atom. The van der Waals surface area contributed by atoms with Gasteiger partial charge in [-0.1, -0.05) is 27.2 Å². The number of halogens is 1. The van der Waals surface area contributed by atoms with E-state index in [2.05, 4.69) is 17.6 Å². The van der Waals surface area contributed by atoms with Crippen molar-refractivity contribution in [2.24, 2.45) is 17.6 Å². The van der Waals surface area contributed by atoms with Gasteiger partial charge in [-0.15, -0.1) is 12.4 Å². The molecule has 3 atom stereocenters. The zero-order chi connectivity index (χ0) is 13.7. The minimum absolute atomic E-state index is 0. The van der Waals surface area contributed by atoms with Gasteiger partial charge in [0.05, 0.1) is 12.6 Å². The van der Waals surface area contributed by atoms with Gasteiger partial charge < -0.3 is 16.4 Å². The first-order chi connectivity index (χ1) is 8.45. The van der Waals surface area contributed by atoms with Gasteiger partial charge in [0.15, 0.2) is 0 Å². The van der Waals surface area contributed by atoms with E-state index in [1.54, 1.807) is 0 Å². The summed E-state index contributed by atoms with van der Waals surface area (Å²) in [5.41, 5.74) is 5.68. The van der Waals surface area contributed by atoms with Gasteiger partial charge in [0.2, 0.25) is 11.8 Å². The van der Waals surface area contributed by atoms with Crippen molar-refractivity contribution >= 4 is 24.2 Å². The summed E-state index contributed by atoms with van der Waals surface area (Å²) in [5.74, 6) is 0.321. The zero-order valence-electron chi connectivity index (χ0n) is 11.9. The van der Waals surface area contributed by atoms with Crippen LogP contribution in [0.5, 0.6) is 0 Å². The number of rotatable bonds is 7. The minimum atomic E-state index is -0.549. The molecule has 4 N–H and O–H groups in total. The number of amides is 2. The summed E-state index contributed by atoms with van der Waals surface area (Å²) in [6, 6.07) is -0.236. The summed E-state index contributed by atoms with van der Waals surface area (Å²) in [4.78, 5) is 23.1. The van der Waals surface area contributed by atoms with Crippen molar-refractivity contribution in [2.75, 3.05) is 6.54 Å². The van der Waals surface area contributed by atoms with Crippen LogP contribution in [0.25, 0.3) is 0 Å². The van der Waals surface area contributed by atoms with E-state index in [0.29, 0.717) is 12.0 Å². The zero-order valence-corrected chi connectivity index (χ0v) is 12.8. The van der Waals surface area contributed by atoms with Gasteiger partial charge in [-0.2, -0.15) is 0 Å². The standard InChI is InChI=1S/C13H25N3O2.ClH/c1-4-5-9-6-10(9)16-11(17)7-15-13(18)12(14)8(2)3;/h8-10,12H,4-7,14H2,1-3H3,(H,15,18)(H,16,17);1H/t9?,10?,12-;/m0./s1. The first-order valence-corrected chi connectivity index (χ1v) is 6.78. The summed E-state index contributed by atoms with van der Waals surface area (Å²) < 4.78 is 0. The van der Waals surface area contributed by atoms with Crippen molar-refractivity contribution in [3.8, 4) is 0 Å². The molecule has 0 aromatic heterocycles. The second-order valence-electron chi connectivity index (χ2n) is 5.45. The van der Waals surface area contributed by atoms with E-state index >= 15 is 0 Å². The van der Waals surface area contributed by atoms with E-state index in [-0.39, 0.29) is 36.7 Å². The molecule has 0 aliphatic heterocycles. The highest BCUT2D eigenvalue weighted by Gasteiger charge is 2.37. The highest BCUT2D eigenvalue weighted by Crippen LogP contribution is 2.34. The Balaban J connectivity index is 0.00000324. The monoisotopic (exact) mass is 291 g/mol. The maximum atomic E-state index is 11.6. The maximum absolute atomic E-state index is 11.6. The van der Waals surface area contributed by atoms with Gasteiger partial charge in [-0.3, -0.25) is 9.59 Å². The number of hydrogen-bond donors (Lipinski definition) is 3. The van der Waals surface area contributed by atoms with Gasteiger partial charge in [-0.05, 0) is 24.7 Å². The molecule has 112 valence electrons. The average Bonchev–Trinajstić information content (AvgIpc) is 3.03. The van der Waals surface area contributed by atoms with Crippen LogP contribution in [-0.2, 0) is 9.59 Å². The Labute approximate surface area is 121 Å². The fourth-order valence-corrected chi connectivity index (χ4v) is 1.96. The molecule has 1 rings (SSSR count). The van der Waals surface area contributed by atoms with Gasteiger partial charge >= 0.3 is 0 Å². The molecule has 1 aliphatic carbocycles. The molecule has 0 heterocycles. The molecule has 0 bridgehead atoms. The summed E-state index contributed by atoms with van der Waals surface area (Å²) in [6.07, 6.45) is 3.38. The third-order valence-electron chi connectivity index (χ3n) is 3.37. The predicted molar refractivity (Wildman–Crippen MR) is 78.0 cm³/mol. The van der Waals surface area contributed by atoms with Crippen molar-refractivity contribution in [1.82, 2.24) is 10.6 Å². The smallest absolute Gasteiger partial charge is 0.239 e. The molecule has 0 radical (unpaired) electrons. The first-order valence-electron chi connectivity index (χ1n) is 6.78. The second-order valence-corrected chi connectivity index (χ2v) is 5.45. The van der Waals surface area contributed by atoms with Crippen LogP contribution in [0.15, 0.2) is 0 Å². The molecule has 1 saturated carbocycles. The van der Waals surface area contributed by atoms with Crippen molar-refractivity contribution in [2.45, 2.75) is 52.1 Å². The van der Waals surface area contributed by atoms with E-state index in [1.807, 2.05) is 13.8 Å². The topological polar surface area (TPSA) is 84.2 Å². The lowest BCUT2D eigenvalue weighted by Gasteiger charge is -2.15. The van der Waals surface area contributed by atoms with Gasteiger partial charge in [0.1, 0.15) is 0 Å². The number of carbonyl (C=O) groups is 2. The van der Waals surface area contributed by atoms with Crippen LogP contribution < -0.4 is 16.4 Å². The molecule has 2 unspecified atom stereocenters. The van der Waals surface area contributed by atoms with Crippen LogP contribution in [0.2, 0.25) is 0 Å². The molecule has 0 saturated heterocycles. The lowest BCUT2D eigenvalue weighted by Crippen LogP contribution is -2.47. The number of hydrogen-bond acceptors (Lipinski definition) is 3. The third kappa shape index (κ3) is 6.25. The number of nitrogens with two attached hydrogens (primary N) is 1. The van der Waals surface area contributed by atoms with E-state index in [9.17, 15) is 9.59 Å². The van der Waals surface area contributed by atoms with Gasteiger partial charge in [0.25, 0.3) is 0 Å². The SMILES string of the molecule is CCCC1CC1NC(=O)CNC(=O)[C@@H](N)C(C)C.Cl. The maximum Gasteiger partial charge on any atom is 0.239 e. The Kier molecular flexibility index (Phi) is 8.02. The Hall–Kier alpha value is -0.810. The molecule has 6 heteroatoms. The van der Waals surface area contributed by atoms with Crippen LogP contribution in [-0.4, -0.2) is 30.4 Å². The summed E-state index contributed by atoms with van der Waals surface area (Å²) in [5, 5.41) is 5.49. The van der Waals surface area contributed by atoms with Crippen LogP contribution >= 0.6 is 12.4 Å². The van der Waals surface area contributed by atoms with E-state index in [1.165, 1.54) is 0 Å². The number of carbonyl (C=O) groups excluding carboxylic acids is 2. The fourth-order valence-electron chi connectivity index (χ4n) is 1.96. The highest BCUT2D eigenvalue weighted by atomic mass is 35.5. The van der Waals surface area contributed by atoms with Crippen molar-refractivity contribution in [3.05, 3.63) is 0 Å². The molecule has 1 fully saturated rings. The first kappa shape index (κ1) is 18.2. The summed E-state index contributed by atoms with van der Waals surface area (Å²) >= 11 is 0. The average molecular weight is 292 g/mol. The van der Waals surface area contributed by atoms with E-state index in [4.69, 9.17) is 5.73 Å². The predicted octanol–water partition coefficient (Wildman–Crippen LogP) is 0.812. The van der Waals surface area contributed by atoms with Gasteiger partial charge in [-0.25, -0.2) is 0 Å². The molecule has 2 amide bonds. The number of nitrogens with one attached hydrogen (secondary N) is 2. The molecule has 0 aromatic rings. The minimum Gasteiger partial charge on any atom is -0.352 e. The second kappa shape index (κ2) is 8.38. The molecular weight excluding hydrogens is 266 g/mol. The van der Waals surface area contributed by atoms with Gasteiger partial charge in [0, 0.05) is 6.04 Å². The third-order valence-corrected chi connectivity index (χ3v) is 3.37. The summed E-state index contributed by atoms with van der Waals surface area (Å²) in [6.45, 7) is 5.92. The normalized spacial score (nSPS) is 22.4. The Bertz CT molecular complexity index is 310. The Morgan fingerprint density at radius 3 is 2.53 bits per heavy atom. The molecule has 1 aliphatic rings. The van der Waals surface area contributed by atoms with Crippen LogP contribution in [0.4, 0.5) is 0 Å². The fraction of sp³-hybridized carbons (Fsp3) is 0.846. The Morgan fingerprint density at radius 2 is 2.00 bits per heavy atom. The van der Waals surface area contributed by atoms with Crippen LogP contribution in [0.3, 0.4) is 0 Å². The molecular formula is C13H26ClN3O2. The largest absolute Gasteiger partial charge is 0.352 e. The molecule has 19 heavy (non-hydrogen) atoms. The van der Waals surface area contributed by atoms with Crippen molar-refractivity contribution < 1.29 is 9.59 Å². The van der Waals surface area contributed by atoms with Crippen molar-refractivity contribution in [3.63, 3.8) is 0 Å². The van der Waals surface area contributed by atoms with E-state index in [0.717, 1.165) is 19.3 Å². The lowest BCUT2D eigenvalue weighted by molar-refractivity contribution is -0.127. The lowest BCUT2D eigenvalue weighted by atomic mass is 10.1. The molecule has 5 nitrogen and oxygen atoms in total. The highest BCUT2D eigenvalue weighted by molar-refractivity contribution is 5.87. The van der Waals surface area contributed by atoms with E-state index < -0.39 is 6.04 Å². The summed E-state index contributed by atoms with van der Waals surface area (Å²) in [7, 11) is 0. The quantitative estimate of drug-likeness (QED) is 0.649. The molecule has 0 spiro atoms. The molecule has 0 aromatic carbocycles. The van der Waals surface area contributed by atoms with Crippen LogP contribution in [0, 0.1) is 11.8 Å².